The molecule has 2 N–H and O–H groups in total. The molecule has 0 radical (unpaired) electrons. The average Bonchev–Trinajstić information content (AvgIpc) is 2.70. The lowest BCUT2D eigenvalue weighted by Gasteiger charge is -2.18. The molecule has 2 aromatic carbocycles. The number of nitrogens with two attached hydrogens (primary N) is 1. The fourth-order valence-electron chi connectivity index (χ4n) is 2.29. The first kappa shape index (κ1) is 12.7. The van der Waals surface area contributed by atoms with Crippen molar-refractivity contribution in [1.82, 2.24) is 0 Å². The molecule has 20 heavy (non-hydrogen) atoms. The number of nitrogens with zero attached hydrogens (tertiary/aromatic N) is 1. The van der Waals surface area contributed by atoms with Crippen molar-refractivity contribution in [2.45, 2.75) is 6.92 Å². The summed E-state index contributed by atoms with van der Waals surface area (Å²) in [6.45, 7) is 1.75. The first-order chi connectivity index (χ1) is 9.52. The molecule has 4 nitrogen and oxygen atoms in total. The van der Waals surface area contributed by atoms with Crippen molar-refractivity contribution in [3.05, 3.63) is 58.1 Å². The molecule has 2 aromatic rings. The van der Waals surface area contributed by atoms with Crippen LogP contribution in [-0.4, -0.2) is 11.8 Å². The van der Waals surface area contributed by atoms with Gasteiger partial charge in [-0.3, -0.25) is 9.59 Å². The van der Waals surface area contributed by atoms with Gasteiger partial charge in [-0.25, -0.2) is 4.90 Å². The fourth-order valence-corrected chi connectivity index (χ4v) is 2.46. The Morgan fingerprint density at radius 2 is 1.55 bits per heavy atom. The van der Waals surface area contributed by atoms with Gasteiger partial charge < -0.3 is 5.73 Å². The number of hydrogen-bond donors (Lipinski definition) is 1. The topological polar surface area (TPSA) is 63.4 Å². The van der Waals surface area contributed by atoms with Crippen molar-refractivity contribution in [2.75, 3.05) is 10.6 Å². The predicted molar refractivity (Wildman–Crippen MR) is 78.2 cm³/mol. The number of halogens is 1. The Kier molecular flexibility index (Phi) is 2.76. The van der Waals surface area contributed by atoms with E-state index in [1.165, 1.54) is 0 Å². The highest BCUT2D eigenvalue weighted by atomic mass is 35.5. The number of amides is 2. The van der Waals surface area contributed by atoms with E-state index in [0.717, 1.165) is 4.90 Å². The summed E-state index contributed by atoms with van der Waals surface area (Å²) in [4.78, 5) is 25.8. The molecule has 0 aromatic heterocycles. The number of fused-ring (bicyclic) bond motifs is 1. The highest BCUT2D eigenvalue weighted by Gasteiger charge is 2.37. The second kappa shape index (κ2) is 4.35. The van der Waals surface area contributed by atoms with Gasteiger partial charge in [-0.2, -0.15) is 0 Å². The molecule has 0 fully saturated rings. The summed E-state index contributed by atoms with van der Waals surface area (Å²) in [5, 5.41) is 0.503. The second-order valence-corrected chi connectivity index (χ2v) is 5.00. The highest BCUT2D eigenvalue weighted by Crippen LogP contribution is 2.36. The molecule has 0 spiro atoms. The van der Waals surface area contributed by atoms with Crippen molar-refractivity contribution in [2.24, 2.45) is 0 Å². The number of anilines is 2. The van der Waals surface area contributed by atoms with E-state index in [1.54, 1.807) is 43.3 Å². The first-order valence-electron chi connectivity index (χ1n) is 6.04. The predicted octanol–water partition coefficient (Wildman–Crippen LogP) is 3.03. The van der Waals surface area contributed by atoms with Crippen LogP contribution < -0.4 is 10.6 Å². The molecule has 0 saturated heterocycles. The molecular formula is C15H11ClN2O2. The summed E-state index contributed by atoms with van der Waals surface area (Å²) in [6, 6.07) is 9.94. The Balaban J connectivity index is 2.17. The van der Waals surface area contributed by atoms with Crippen LogP contribution in [0.3, 0.4) is 0 Å². The van der Waals surface area contributed by atoms with Gasteiger partial charge in [0.2, 0.25) is 0 Å². The van der Waals surface area contributed by atoms with E-state index < -0.39 is 0 Å². The van der Waals surface area contributed by atoms with Gasteiger partial charge >= 0.3 is 0 Å². The lowest BCUT2D eigenvalue weighted by atomic mass is 10.1. The summed E-state index contributed by atoms with van der Waals surface area (Å²) >= 11 is 5.99. The number of carbonyl (C=O) groups is 2. The van der Waals surface area contributed by atoms with Crippen molar-refractivity contribution < 1.29 is 9.59 Å². The number of benzene rings is 2. The minimum atomic E-state index is -0.362. The van der Waals surface area contributed by atoms with Gasteiger partial charge in [-0.15, -0.1) is 0 Å². The SMILES string of the molecule is Cc1c(Cl)ccc(N2C(=O)c3ccccc3C2=O)c1N. The van der Waals surface area contributed by atoms with Crippen LogP contribution in [0, 0.1) is 6.92 Å². The first-order valence-corrected chi connectivity index (χ1v) is 6.42. The Labute approximate surface area is 120 Å². The molecule has 2 amide bonds. The fraction of sp³-hybridized carbons (Fsp3) is 0.0667. The molecular weight excluding hydrogens is 276 g/mol. The van der Waals surface area contributed by atoms with Gasteiger partial charge in [0.1, 0.15) is 0 Å². The Hall–Kier alpha value is -2.33. The van der Waals surface area contributed by atoms with E-state index in [9.17, 15) is 9.59 Å². The number of hydrogen-bond acceptors (Lipinski definition) is 3. The van der Waals surface area contributed by atoms with Gasteiger partial charge in [0.25, 0.3) is 11.8 Å². The van der Waals surface area contributed by atoms with E-state index in [4.69, 9.17) is 17.3 Å². The van der Waals surface area contributed by atoms with Gasteiger partial charge in [0, 0.05) is 5.02 Å². The average molecular weight is 287 g/mol. The normalized spacial score (nSPS) is 13.8. The van der Waals surface area contributed by atoms with E-state index in [0.29, 0.717) is 33.1 Å². The van der Waals surface area contributed by atoms with Crippen LogP contribution in [0.4, 0.5) is 11.4 Å². The molecule has 3 rings (SSSR count). The van der Waals surface area contributed by atoms with Crippen LogP contribution in [0.25, 0.3) is 0 Å². The molecule has 100 valence electrons. The highest BCUT2D eigenvalue weighted by molar-refractivity contribution is 6.36. The number of carbonyl (C=O) groups excluding carboxylic acids is 2. The van der Waals surface area contributed by atoms with E-state index in [2.05, 4.69) is 0 Å². The smallest absolute Gasteiger partial charge is 0.266 e. The number of rotatable bonds is 1. The zero-order valence-corrected chi connectivity index (χ0v) is 11.4. The summed E-state index contributed by atoms with van der Waals surface area (Å²) in [6.07, 6.45) is 0. The van der Waals surface area contributed by atoms with Crippen molar-refractivity contribution in [3.8, 4) is 0 Å². The standard InChI is InChI=1S/C15H11ClN2O2/c1-8-11(16)6-7-12(13(8)17)18-14(19)9-4-2-3-5-10(9)15(18)20/h2-7H,17H2,1H3. The van der Waals surface area contributed by atoms with Crippen LogP contribution in [0.2, 0.25) is 5.02 Å². The quantitative estimate of drug-likeness (QED) is 0.647. The minimum Gasteiger partial charge on any atom is -0.397 e. The molecule has 0 saturated carbocycles. The molecule has 0 bridgehead atoms. The Morgan fingerprint density at radius 3 is 2.10 bits per heavy atom. The number of nitrogen functional groups attached to an aromatic ring is 1. The maximum Gasteiger partial charge on any atom is 0.266 e. The summed E-state index contributed by atoms with van der Waals surface area (Å²) < 4.78 is 0. The molecule has 5 heteroatoms. The number of imide groups is 1. The van der Waals surface area contributed by atoms with Crippen molar-refractivity contribution in [3.63, 3.8) is 0 Å². The zero-order valence-electron chi connectivity index (χ0n) is 10.7. The third-order valence-corrected chi connectivity index (χ3v) is 3.87. The van der Waals surface area contributed by atoms with Crippen LogP contribution >= 0.6 is 11.6 Å². The van der Waals surface area contributed by atoms with Crippen molar-refractivity contribution >= 4 is 34.8 Å². The molecule has 0 atom stereocenters. The van der Waals surface area contributed by atoms with Gasteiger partial charge in [0.15, 0.2) is 0 Å². The molecule has 0 unspecified atom stereocenters. The lowest BCUT2D eigenvalue weighted by Crippen LogP contribution is -2.30. The summed E-state index contributed by atoms with van der Waals surface area (Å²) in [5.41, 5.74) is 8.14. The Bertz CT molecular complexity index is 721. The summed E-state index contributed by atoms with van der Waals surface area (Å²) in [5.74, 6) is -0.724. The van der Waals surface area contributed by atoms with Crippen LogP contribution in [0.15, 0.2) is 36.4 Å². The largest absolute Gasteiger partial charge is 0.397 e. The lowest BCUT2D eigenvalue weighted by molar-refractivity contribution is 0.0926. The maximum absolute atomic E-state index is 12.4. The zero-order chi connectivity index (χ0) is 14.4. The molecule has 1 aliphatic rings. The maximum atomic E-state index is 12.4. The summed E-state index contributed by atoms with van der Waals surface area (Å²) in [7, 11) is 0. The third-order valence-electron chi connectivity index (χ3n) is 3.46. The van der Waals surface area contributed by atoms with Crippen LogP contribution in [-0.2, 0) is 0 Å². The van der Waals surface area contributed by atoms with E-state index in [1.807, 2.05) is 0 Å². The molecule has 0 aliphatic carbocycles. The van der Waals surface area contributed by atoms with E-state index >= 15 is 0 Å². The Morgan fingerprint density at radius 1 is 1.00 bits per heavy atom. The van der Waals surface area contributed by atoms with Crippen molar-refractivity contribution in [1.29, 1.82) is 0 Å². The van der Waals surface area contributed by atoms with Crippen LogP contribution in [0.1, 0.15) is 26.3 Å². The second-order valence-electron chi connectivity index (χ2n) is 4.60. The monoisotopic (exact) mass is 286 g/mol. The van der Waals surface area contributed by atoms with Gasteiger partial charge in [-0.1, -0.05) is 23.7 Å². The molecule has 1 aliphatic heterocycles. The van der Waals surface area contributed by atoms with Crippen LogP contribution in [0.5, 0.6) is 0 Å². The third kappa shape index (κ3) is 1.62. The molecule has 1 heterocycles. The minimum absolute atomic E-state index is 0.340. The van der Waals surface area contributed by atoms with E-state index in [-0.39, 0.29) is 11.8 Å². The van der Waals surface area contributed by atoms with Gasteiger partial charge in [-0.05, 0) is 36.8 Å². The van der Waals surface area contributed by atoms with Gasteiger partial charge in [0.05, 0.1) is 22.5 Å².